The van der Waals surface area contributed by atoms with Crippen molar-refractivity contribution in [3.05, 3.63) is 33.8 Å². The van der Waals surface area contributed by atoms with Crippen LogP contribution in [0.1, 0.15) is 25.0 Å². The standard InChI is InChI=1S/C12H18BrN/c1-9(2)7-14-8-11-4-10(3)5-12(13)6-11/h4-6,9,14H,7-8H2,1-3H3. The monoisotopic (exact) mass is 255 g/mol. The van der Waals surface area contributed by atoms with E-state index in [4.69, 9.17) is 0 Å². The number of nitrogens with one attached hydrogen (secondary N) is 1. The van der Waals surface area contributed by atoms with E-state index >= 15 is 0 Å². The van der Waals surface area contributed by atoms with Gasteiger partial charge in [-0.05, 0) is 42.6 Å². The van der Waals surface area contributed by atoms with Gasteiger partial charge >= 0.3 is 0 Å². The van der Waals surface area contributed by atoms with Crippen LogP contribution in [0.5, 0.6) is 0 Å². The van der Waals surface area contributed by atoms with E-state index in [9.17, 15) is 0 Å². The summed E-state index contributed by atoms with van der Waals surface area (Å²) in [6.45, 7) is 8.60. The van der Waals surface area contributed by atoms with Crippen LogP contribution in [0.25, 0.3) is 0 Å². The first-order valence-electron chi connectivity index (χ1n) is 5.04. The molecule has 1 nitrogen and oxygen atoms in total. The van der Waals surface area contributed by atoms with Crippen LogP contribution in [-0.4, -0.2) is 6.54 Å². The maximum atomic E-state index is 3.51. The molecule has 0 saturated heterocycles. The zero-order chi connectivity index (χ0) is 10.6. The molecule has 0 radical (unpaired) electrons. The molecule has 2 heteroatoms. The second-order valence-corrected chi connectivity index (χ2v) is 5.08. The van der Waals surface area contributed by atoms with Crippen LogP contribution in [0.15, 0.2) is 22.7 Å². The predicted molar refractivity (Wildman–Crippen MR) is 65.4 cm³/mol. The van der Waals surface area contributed by atoms with Crippen molar-refractivity contribution in [1.82, 2.24) is 5.32 Å². The molecule has 0 bridgehead atoms. The highest BCUT2D eigenvalue weighted by Crippen LogP contribution is 2.15. The molecule has 0 aliphatic heterocycles. The molecule has 14 heavy (non-hydrogen) atoms. The molecule has 1 aromatic carbocycles. The fraction of sp³-hybridized carbons (Fsp3) is 0.500. The molecule has 0 aliphatic carbocycles. The Labute approximate surface area is 95.0 Å². The molecule has 0 spiro atoms. The molecule has 78 valence electrons. The van der Waals surface area contributed by atoms with E-state index in [1.54, 1.807) is 0 Å². The van der Waals surface area contributed by atoms with Crippen LogP contribution < -0.4 is 5.32 Å². The van der Waals surface area contributed by atoms with Crippen LogP contribution in [0.3, 0.4) is 0 Å². The van der Waals surface area contributed by atoms with Crippen molar-refractivity contribution >= 4 is 15.9 Å². The number of hydrogen-bond donors (Lipinski definition) is 1. The highest BCUT2D eigenvalue weighted by atomic mass is 79.9. The minimum atomic E-state index is 0.711. The molecule has 0 aliphatic rings. The maximum Gasteiger partial charge on any atom is 0.0206 e. The topological polar surface area (TPSA) is 12.0 Å². The van der Waals surface area contributed by atoms with Gasteiger partial charge in [-0.2, -0.15) is 0 Å². The average molecular weight is 256 g/mol. The predicted octanol–water partition coefficient (Wildman–Crippen LogP) is 3.50. The minimum Gasteiger partial charge on any atom is -0.312 e. The van der Waals surface area contributed by atoms with Crippen molar-refractivity contribution in [2.24, 2.45) is 5.92 Å². The maximum absolute atomic E-state index is 3.51. The third-order valence-corrected chi connectivity index (χ3v) is 2.44. The largest absolute Gasteiger partial charge is 0.312 e. The van der Waals surface area contributed by atoms with Gasteiger partial charge in [0.1, 0.15) is 0 Å². The lowest BCUT2D eigenvalue weighted by Gasteiger charge is -2.08. The number of benzene rings is 1. The Morgan fingerprint density at radius 2 is 2.00 bits per heavy atom. The van der Waals surface area contributed by atoms with Gasteiger partial charge < -0.3 is 5.32 Å². The first-order chi connectivity index (χ1) is 6.58. The molecule has 0 atom stereocenters. The van der Waals surface area contributed by atoms with Gasteiger partial charge in [0.2, 0.25) is 0 Å². The first kappa shape index (κ1) is 11.7. The van der Waals surface area contributed by atoms with Crippen molar-refractivity contribution in [3.63, 3.8) is 0 Å². The Morgan fingerprint density at radius 3 is 2.57 bits per heavy atom. The zero-order valence-corrected chi connectivity index (χ0v) is 10.7. The fourth-order valence-electron chi connectivity index (χ4n) is 1.42. The molecular formula is C12H18BrN. The molecule has 0 unspecified atom stereocenters. The lowest BCUT2D eigenvalue weighted by Crippen LogP contribution is -2.18. The normalized spacial score (nSPS) is 10.9. The molecule has 0 amide bonds. The molecule has 1 N–H and O–H groups in total. The highest BCUT2D eigenvalue weighted by Gasteiger charge is 1.97. The van der Waals surface area contributed by atoms with E-state index in [-0.39, 0.29) is 0 Å². The summed E-state index contributed by atoms with van der Waals surface area (Å²) in [4.78, 5) is 0. The SMILES string of the molecule is Cc1cc(Br)cc(CNCC(C)C)c1. The molecule has 1 rings (SSSR count). The third-order valence-electron chi connectivity index (χ3n) is 1.98. The smallest absolute Gasteiger partial charge is 0.0206 e. The van der Waals surface area contributed by atoms with Crippen LogP contribution >= 0.6 is 15.9 Å². The van der Waals surface area contributed by atoms with Crippen LogP contribution in [0, 0.1) is 12.8 Å². The van der Waals surface area contributed by atoms with Crippen LogP contribution in [0.4, 0.5) is 0 Å². The minimum absolute atomic E-state index is 0.711. The molecular weight excluding hydrogens is 238 g/mol. The Balaban J connectivity index is 2.50. The van der Waals surface area contributed by atoms with Crippen molar-refractivity contribution < 1.29 is 0 Å². The summed E-state index contributed by atoms with van der Waals surface area (Å²) < 4.78 is 1.17. The van der Waals surface area contributed by atoms with Crippen molar-refractivity contribution in [2.75, 3.05) is 6.54 Å². The molecule has 0 saturated carbocycles. The van der Waals surface area contributed by atoms with Gasteiger partial charge in [-0.15, -0.1) is 0 Å². The van der Waals surface area contributed by atoms with Gasteiger partial charge in [-0.1, -0.05) is 35.8 Å². The van der Waals surface area contributed by atoms with Gasteiger partial charge in [0.15, 0.2) is 0 Å². The summed E-state index contributed by atoms with van der Waals surface area (Å²) in [7, 11) is 0. The third kappa shape index (κ3) is 4.25. The number of aryl methyl sites for hydroxylation is 1. The van der Waals surface area contributed by atoms with Crippen LogP contribution in [-0.2, 0) is 6.54 Å². The van der Waals surface area contributed by atoms with Crippen molar-refractivity contribution in [3.8, 4) is 0 Å². The van der Waals surface area contributed by atoms with E-state index in [1.807, 2.05) is 0 Å². The first-order valence-corrected chi connectivity index (χ1v) is 5.84. The lowest BCUT2D eigenvalue weighted by atomic mass is 10.1. The van der Waals surface area contributed by atoms with E-state index in [0.717, 1.165) is 13.1 Å². The molecule has 1 aromatic rings. The average Bonchev–Trinajstić information content (AvgIpc) is 2.01. The summed E-state index contributed by atoms with van der Waals surface area (Å²) in [6, 6.07) is 6.52. The summed E-state index contributed by atoms with van der Waals surface area (Å²) in [5.74, 6) is 0.711. The summed E-state index contributed by atoms with van der Waals surface area (Å²) in [5, 5.41) is 3.43. The van der Waals surface area contributed by atoms with Crippen molar-refractivity contribution in [1.29, 1.82) is 0 Å². The van der Waals surface area contributed by atoms with Gasteiger partial charge in [0.25, 0.3) is 0 Å². The van der Waals surface area contributed by atoms with Gasteiger partial charge in [-0.3, -0.25) is 0 Å². The highest BCUT2D eigenvalue weighted by molar-refractivity contribution is 9.10. The van der Waals surface area contributed by atoms with Gasteiger partial charge in [-0.25, -0.2) is 0 Å². The van der Waals surface area contributed by atoms with E-state index < -0.39 is 0 Å². The van der Waals surface area contributed by atoms with Crippen molar-refractivity contribution in [2.45, 2.75) is 27.3 Å². The van der Waals surface area contributed by atoms with Gasteiger partial charge in [0.05, 0.1) is 0 Å². The number of hydrogen-bond acceptors (Lipinski definition) is 1. The Kier molecular flexibility index (Phi) is 4.63. The van der Waals surface area contributed by atoms with Gasteiger partial charge in [0, 0.05) is 11.0 Å². The summed E-state index contributed by atoms with van der Waals surface area (Å²) in [6.07, 6.45) is 0. The zero-order valence-electron chi connectivity index (χ0n) is 9.10. The summed E-state index contributed by atoms with van der Waals surface area (Å²) in [5.41, 5.74) is 2.65. The lowest BCUT2D eigenvalue weighted by molar-refractivity contribution is 0.552. The second kappa shape index (κ2) is 5.52. The Hall–Kier alpha value is -0.340. The number of rotatable bonds is 4. The quantitative estimate of drug-likeness (QED) is 0.869. The van der Waals surface area contributed by atoms with E-state index in [2.05, 4.69) is 60.2 Å². The summed E-state index contributed by atoms with van der Waals surface area (Å²) >= 11 is 3.51. The van der Waals surface area contributed by atoms with E-state index in [0.29, 0.717) is 5.92 Å². The molecule has 0 fully saturated rings. The van der Waals surface area contributed by atoms with Crippen LogP contribution in [0.2, 0.25) is 0 Å². The molecule has 0 aromatic heterocycles. The molecule has 0 heterocycles. The number of halogens is 1. The Morgan fingerprint density at radius 1 is 1.29 bits per heavy atom. The van der Waals surface area contributed by atoms with E-state index in [1.165, 1.54) is 15.6 Å². The fourth-order valence-corrected chi connectivity index (χ4v) is 2.07. The second-order valence-electron chi connectivity index (χ2n) is 4.16. The Bertz CT molecular complexity index is 274.